The second-order valence-electron chi connectivity index (χ2n) is 7.02. The molecule has 0 aromatic carbocycles. The molecule has 0 atom stereocenters. The summed E-state index contributed by atoms with van der Waals surface area (Å²) in [5, 5.41) is 10.6. The van der Waals surface area contributed by atoms with Crippen LogP contribution in [0.3, 0.4) is 0 Å². The van der Waals surface area contributed by atoms with Crippen LogP contribution in [0.15, 0.2) is 23.8 Å². The second kappa shape index (κ2) is 8.78. The van der Waals surface area contributed by atoms with Crippen molar-refractivity contribution in [3.05, 3.63) is 45.5 Å². The molecule has 1 aliphatic heterocycles. The summed E-state index contributed by atoms with van der Waals surface area (Å²) >= 11 is 1.94. The van der Waals surface area contributed by atoms with Gasteiger partial charge in [-0.2, -0.15) is 5.10 Å². The molecule has 8 heteroatoms. The monoisotopic (exact) mass is 425 g/mol. The average molecular weight is 426 g/mol. The Morgan fingerprint density at radius 2 is 2.04 bits per heavy atom. The number of hydrogen-bond donors (Lipinski definition) is 1. The molecule has 5 rings (SSSR count). The fourth-order valence-electron chi connectivity index (χ4n) is 4.02. The molecule has 3 aromatic heterocycles. The summed E-state index contributed by atoms with van der Waals surface area (Å²) < 4.78 is 4.40. The molecule has 0 amide bonds. The molecule has 0 saturated carbocycles. The van der Waals surface area contributed by atoms with E-state index in [4.69, 9.17) is 5.10 Å². The fraction of sp³-hybridized carbons (Fsp3) is 0.474. The molecule has 5 nitrogen and oxygen atoms in total. The highest BCUT2D eigenvalue weighted by Gasteiger charge is 2.19. The Kier molecular flexibility index (Phi) is 6.63. The van der Waals surface area contributed by atoms with Gasteiger partial charge in [-0.15, -0.1) is 36.2 Å². The SMILES string of the molecule is Cl.Cl.c1cn(Cc2csc3c2CCCC3)c(-c2cc3n(n2)CCCNC3)n1. The number of aromatic nitrogens is 4. The highest BCUT2D eigenvalue weighted by atomic mass is 35.5. The largest absolute Gasteiger partial charge is 0.325 e. The molecule has 1 aliphatic carbocycles. The van der Waals surface area contributed by atoms with Crippen LogP contribution >= 0.6 is 36.2 Å². The molecule has 0 saturated heterocycles. The smallest absolute Gasteiger partial charge is 0.160 e. The van der Waals surface area contributed by atoms with Crippen LogP contribution < -0.4 is 5.32 Å². The van der Waals surface area contributed by atoms with Crippen LogP contribution in [0, 0.1) is 0 Å². The number of fused-ring (bicyclic) bond motifs is 2. The first-order valence-electron chi connectivity index (χ1n) is 9.25. The third-order valence-corrected chi connectivity index (χ3v) is 6.46. The highest BCUT2D eigenvalue weighted by molar-refractivity contribution is 7.10. The Labute approximate surface area is 176 Å². The maximum absolute atomic E-state index is 4.83. The van der Waals surface area contributed by atoms with Crippen molar-refractivity contribution in [3.63, 3.8) is 0 Å². The maximum Gasteiger partial charge on any atom is 0.160 e. The number of rotatable bonds is 3. The summed E-state index contributed by atoms with van der Waals surface area (Å²) in [7, 11) is 0. The van der Waals surface area contributed by atoms with Crippen molar-refractivity contribution in [1.82, 2.24) is 24.6 Å². The predicted octanol–water partition coefficient (Wildman–Crippen LogP) is 4.07. The number of hydrogen-bond acceptors (Lipinski definition) is 4. The van der Waals surface area contributed by atoms with Crippen LogP contribution in [0.4, 0.5) is 0 Å². The summed E-state index contributed by atoms with van der Waals surface area (Å²) in [4.78, 5) is 6.22. The molecule has 3 aromatic rings. The Hall–Kier alpha value is -1.34. The third-order valence-electron chi connectivity index (χ3n) is 5.33. The van der Waals surface area contributed by atoms with E-state index in [2.05, 4.69) is 37.2 Å². The van der Waals surface area contributed by atoms with Gasteiger partial charge in [0.2, 0.25) is 0 Å². The minimum atomic E-state index is 0. The molecule has 0 spiro atoms. The molecule has 0 unspecified atom stereocenters. The van der Waals surface area contributed by atoms with Crippen LogP contribution in [0.5, 0.6) is 0 Å². The van der Waals surface area contributed by atoms with E-state index >= 15 is 0 Å². The molecule has 0 fully saturated rings. The molecule has 0 radical (unpaired) electrons. The standard InChI is InChI=1S/C19H23N5S.2ClH/c1-2-5-18-16(4-1)14(13-25-18)12-23-9-7-21-19(23)17-10-15-11-20-6-3-8-24(15)22-17;;/h7,9-10,13,20H,1-6,8,11-12H2;2*1H. The zero-order valence-electron chi connectivity index (χ0n) is 15.2. The Bertz CT molecular complexity index is 874. The molecule has 2 aliphatic rings. The van der Waals surface area contributed by atoms with Crippen LogP contribution in [0.2, 0.25) is 0 Å². The summed E-state index contributed by atoms with van der Waals surface area (Å²) in [5.74, 6) is 0.983. The van der Waals surface area contributed by atoms with E-state index in [9.17, 15) is 0 Å². The van der Waals surface area contributed by atoms with Gasteiger partial charge in [0.1, 0.15) is 5.69 Å². The van der Waals surface area contributed by atoms with Gasteiger partial charge >= 0.3 is 0 Å². The van der Waals surface area contributed by atoms with Gasteiger partial charge < -0.3 is 9.88 Å². The number of imidazole rings is 1. The van der Waals surface area contributed by atoms with Crippen molar-refractivity contribution in [3.8, 4) is 11.5 Å². The lowest BCUT2D eigenvalue weighted by atomic mass is 9.96. The first-order chi connectivity index (χ1) is 12.4. The summed E-state index contributed by atoms with van der Waals surface area (Å²) in [6.45, 7) is 3.85. The number of halogens is 2. The highest BCUT2D eigenvalue weighted by Crippen LogP contribution is 2.31. The Morgan fingerprint density at radius 3 is 2.96 bits per heavy atom. The molecular formula is C19H25Cl2N5S. The van der Waals surface area contributed by atoms with Gasteiger partial charge in [-0.25, -0.2) is 4.98 Å². The zero-order chi connectivity index (χ0) is 16.6. The van der Waals surface area contributed by atoms with Gasteiger partial charge in [0.25, 0.3) is 0 Å². The Balaban J connectivity index is 0.00000105. The summed E-state index contributed by atoms with van der Waals surface area (Å²) in [5.41, 5.74) is 5.32. The third kappa shape index (κ3) is 3.94. The van der Waals surface area contributed by atoms with Crippen molar-refractivity contribution in [2.24, 2.45) is 0 Å². The van der Waals surface area contributed by atoms with E-state index in [1.54, 1.807) is 10.4 Å². The zero-order valence-corrected chi connectivity index (χ0v) is 17.6. The van der Waals surface area contributed by atoms with Crippen LogP contribution in [-0.2, 0) is 32.5 Å². The second-order valence-corrected chi connectivity index (χ2v) is 7.99. The van der Waals surface area contributed by atoms with E-state index in [1.807, 2.05) is 17.5 Å². The lowest BCUT2D eigenvalue weighted by Crippen LogP contribution is -2.11. The van der Waals surface area contributed by atoms with E-state index < -0.39 is 0 Å². The quantitative estimate of drug-likeness (QED) is 0.687. The van der Waals surface area contributed by atoms with Crippen LogP contribution in [-0.4, -0.2) is 25.9 Å². The van der Waals surface area contributed by atoms with Crippen LogP contribution in [0.25, 0.3) is 11.5 Å². The van der Waals surface area contributed by atoms with E-state index in [0.717, 1.165) is 44.1 Å². The molecule has 27 heavy (non-hydrogen) atoms. The molecule has 4 heterocycles. The van der Waals surface area contributed by atoms with Crippen LogP contribution in [0.1, 0.15) is 41.0 Å². The number of nitrogens with one attached hydrogen (secondary N) is 1. The molecule has 146 valence electrons. The van der Waals surface area contributed by atoms with Gasteiger partial charge in [-0.05, 0) is 61.2 Å². The minimum Gasteiger partial charge on any atom is -0.325 e. The predicted molar refractivity (Wildman–Crippen MR) is 114 cm³/mol. The summed E-state index contributed by atoms with van der Waals surface area (Å²) in [6.07, 6.45) is 10.3. The van der Waals surface area contributed by atoms with Gasteiger partial charge in [0.15, 0.2) is 5.82 Å². The van der Waals surface area contributed by atoms with Crippen molar-refractivity contribution >= 4 is 36.2 Å². The van der Waals surface area contributed by atoms with E-state index in [0.29, 0.717) is 0 Å². The Morgan fingerprint density at radius 1 is 1.15 bits per heavy atom. The van der Waals surface area contributed by atoms with Crippen molar-refractivity contribution in [2.75, 3.05) is 6.54 Å². The van der Waals surface area contributed by atoms with Gasteiger partial charge in [0.05, 0.1) is 12.2 Å². The van der Waals surface area contributed by atoms with Gasteiger partial charge in [0, 0.05) is 30.4 Å². The van der Waals surface area contributed by atoms with E-state index in [-0.39, 0.29) is 24.8 Å². The lowest BCUT2D eigenvalue weighted by molar-refractivity contribution is 0.587. The normalized spacial score (nSPS) is 15.9. The van der Waals surface area contributed by atoms with Crippen molar-refractivity contribution in [2.45, 2.75) is 51.7 Å². The summed E-state index contributed by atoms with van der Waals surface area (Å²) in [6, 6.07) is 2.19. The van der Waals surface area contributed by atoms with Crippen molar-refractivity contribution in [1.29, 1.82) is 0 Å². The number of nitrogens with zero attached hydrogens (tertiary/aromatic N) is 4. The van der Waals surface area contributed by atoms with Crippen molar-refractivity contribution < 1.29 is 0 Å². The van der Waals surface area contributed by atoms with E-state index in [1.165, 1.54) is 36.9 Å². The fourth-order valence-corrected chi connectivity index (χ4v) is 5.16. The number of thiophene rings is 1. The van der Waals surface area contributed by atoms with Gasteiger partial charge in [-0.3, -0.25) is 4.68 Å². The van der Waals surface area contributed by atoms with Gasteiger partial charge in [-0.1, -0.05) is 0 Å². The number of aryl methyl sites for hydroxylation is 2. The topological polar surface area (TPSA) is 47.7 Å². The first kappa shape index (κ1) is 20.4. The lowest BCUT2D eigenvalue weighted by Gasteiger charge is -2.13. The maximum atomic E-state index is 4.83. The average Bonchev–Trinajstić information content (AvgIpc) is 3.32. The minimum absolute atomic E-state index is 0. The molecule has 1 N–H and O–H groups in total. The first-order valence-corrected chi connectivity index (χ1v) is 10.1. The molecule has 0 bridgehead atoms. The molecular weight excluding hydrogens is 401 g/mol.